The molecule has 1 fully saturated rings. The summed E-state index contributed by atoms with van der Waals surface area (Å²) in [4.78, 5) is 11.1. The normalized spacial score (nSPS) is 17.8. The fourth-order valence-electron chi connectivity index (χ4n) is 2.41. The van der Waals surface area contributed by atoms with Gasteiger partial charge in [-0.25, -0.2) is 5.01 Å². The maximum atomic E-state index is 13.1. The molecule has 1 heterocycles. The lowest BCUT2D eigenvalue weighted by Gasteiger charge is -2.28. The van der Waals surface area contributed by atoms with Crippen LogP contribution >= 0.6 is 15.9 Å². The number of aryl methyl sites for hydroxylation is 1. The molecule has 1 atom stereocenters. The summed E-state index contributed by atoms with van der Waals surface area (Å²) in [6.45, 7) is 0.109. The van der Waals surface area contributed by atoms with E-state index in [-0.39, 0.29) is 25.3 Å². The first-order valence-corrected chi connectivity index (χ1v) is 7.53. The number of alkyl halides is 3. The van der Waals surface area contributed by atoms with Gasteiger partial charge in [-0.2, -0.15) is 13.2 Å². The number of carbonyl (C=O) groups is 1. The maximum absolute atomic E-state index is 13.1. The van der Waals surface area contributed by atoms with Crippen LogP contribution in [-0.2, 0) is 11.2 Å². The molecule has 3 nitrogen and oxygen atoms in total. The van der Waals surface area contributed by atoms with Crippen molar-refractivity contribution in [2.75, 3.05) is 6.54 Å². The molecule has 0 aromatic heterocycles. The summed E-state index contributed by atoms with van der Waals surface area (Å²) < 4.78 is 40.2. The molecular formula is C14H16BrF3N2O. The number of benzene rings is 1. The van der Waals surface area contributed by atoms with Crippen molar-refractivity contribution < 1.29 is 18.0 Å². The van der Waals surface area contributed by atoms with E-state index in [0.29, 0.717) is 12.8 Å². The van der Waals surface area contributed by atoms with Gasteiger partial charge in [-0.3, -0.25) is 10.2 Å². The van der Waals surface area contributed by atoms with Gasteiger partial charge in [0.1, 0.15) is 6.04 Å². The van der Waals surface area contributed by atoms with Crippen LogP contribution in [0.5, 0.6) is 0 Å². The third-order valence-corrected chi connectivity index (χ3v) is 4.26. The second kappa shape index (κ2) is 6.79. The first-order chi connectivity index (χ1) is 9.88. The number of nitrogens with one attached hydrogen (secondary N) is 1. The van der Waals surface area contributed by atoms with Gasteiger partial charge in [0.05, 0.1) is 0 Å². The Morgan fingerprint density at radius 2 is 2.05 bits per heavy atom. The monoisotopic (exact) mass is 364 g/mol. The maximum Gasteiger partial charge on any atom is 0.405 e. The largest absolute Gasteiger partial charge is 0.405 e. The molecule has 1 saturated heterocycles. The molecule has 1 aromatic carbocycles. The summed E-state index contributed by atoms with van der Waals surface area (Å²) in [5, 5.41) is 1.02. The molecule has 0 bridgehead atoms. The second-order valence-electron chi connectivity index (χ2n) is 5.02. The van der Waals surface area contributed by atoms with E-state index in [1.807, 2.05) is 24.3 Å². The number of amides is 1. The average Bonchev–Trinajstić information content (AvgIpc) is 2.81. The van der Waals surface area contributed by atoms with Crippen LogP contribution in [0.4, 0.5) is 13.2 Å². The molecule has 21 heavy (non-hydrogen) atoms. The lowest BCUT2D eigenvalue weighted by atomic mass is 10.0. The first-order valence-electron chi connectivity index (χ1n) is 6.74. The molecule has 0 saturated carbocycles. The molecule has 0 radical (unpaired) electrons. The van der Waals surface area contributed by atoms with Crippen LogP contribution in [0, 0.1) is 0 Å². The van der Waals surface area contributed by atoms with Gasteiger partial charge in [-0.1, -0.05) is 34.1 Å². The summed E-state index contributed by atoms with van der Waals surface area (Å²) in [6, 6.07) is 5.88. The minimum atomic E-state index is -4.34. The molecule has 1 amide bonds. The van der Waals surface area contributed by atoms with Crippen molar-refractivity contribution in [1.29, 1.82) is 0 Å². The van der Waals surface area contributed by atoms with Gasteiger partial charge in [0.2, 0.25) is 5.91 Å². The Bertz CT molecular complexity index is 507. The van der Waals surface area contributed by atoms with Gasteiger partial charge in [-0.15, -0.1) is 0 Å². The van der Waals surface area contributed by atoms with Crippen LogP contribution in [0.3, 0.4) is 0 Å². The number of rotatable bonds is 5. The van der Waals surface area contributed by atoms with E-state index in [9.17, 15) is 18.0 Å². The molecule has 7 heteroatoms. The van der Waals surface area contributed by atoms with E-state index < -0.39 is 12.2 Å². The fourth-order valence-corrected chi connectivity index (χ4v) is 2.89. The minimum Gasteiger partial charge on any atom is -0.288 e. The first kappa shape index (κ1) is 16.3. The Balaban J connectivity index is 1.94. The summed E-state index contributed by atoms with van der Waals surface area (Å²) in [6.07, 6.45) is -3.29. The third kappa shape index (κ3) is 4.44. The number of halogens is 4. The number of hydrogen-bond donors (Lipinski definition) is 1. The third-order valence-electron chi connectivity index (χ3n) is 3.48. The lowest BCUT2D eigenvalue weighted by Crippen LogP contribution is -2.49. The van der Waals surface area contributed by atoms with Crippen molar-refractivity contribution in [2.45, 2.75) is 37.9 Å². The summed E-state index contributed by atoms with van der Waals surface area (Å²) in [5.74, 6) is -0.352. The highest BCUT2D eigenvalue weighted by Crippen LogP contribution is 2.29. The number of hydrazine groups is 1. The van der Waals surface area contributed by atoms with Gasteiger partial charge in [-0.05, 0) is 30.9 Å². The van der Waals surface area contributed by atoms with Crippen molar-refractivity contribution in [3.05, 3.63) is 34.3 Å². The van der Waals surface area contributed by atoms with E-state index in [1.165, 1.54) is 0 Å². The minimum absolute atomic E-state index is 0.0366. The highest BCUT2D eigenvalue weighted by molar-refractivity contribution is 9.10. The van der Waals surface area contributed by atoms with Crippen LogP contribution in [0.2, 0.25) is 0 Å². The molecule has 0 spiro atoms. The smallest absolute Gasteiger partial charge is 0.288 e. The fraction of sp³-hybridized carbons (Fsp3) is 0.500. The summed E-state index contributed by atoms with van der Waals surface area (Å²) in [7, 11) is 0. The highest BCUT2D eigenvalue weighted by Gasteiger charge is 2.45. The van der Waals surface area contributed by atoms with Gasteiger partial charge < -0.3 is 0 Å². The average molecular weight is 365 g/mol. The van der Waals surface area contributed by atoms with E-state index in [4.69, 9.17) is 0 Å². The van der Waals surface area contributed by atoms with Gasteiger partial charge >= 0.3 is 6.18 Å². The Hall–Kier alpha value is -1.08. The van der Waals surface area contributed by atoms with Crippen LogP contribution < -0.4 is 5.43 Å². The molecular weight excluding hydrogens is 349 g/mol. The van der Waals surface area contributed by atoms with E-state index in [2.05, 4.69) is 21.4 Å². The SMILES string of the molecule is O=C1CCN([C@@H](CCCc2ccccc2Br)C(F)(F)F)N1. The standard InChI is InChI=1S/C14H16BrF3N2O/c15-11-6-2-1-4-10(11)5-3-7-12(14(16,17)18)20-9-8-13(21)19-20/h1-2,4,6,12H,3,5,7-9H2,(H,19,21)/t12-/m0/s1. The predicted octanol–water partition coefficient (Wildman–Crippen LogP) is 3.44. The predicted molar refractivity (Wildman–Crippen MR) is 76.4 cm³/mol. The molecule has 1 aromatic rings. The van der Waals surface area contributed by atoms with Crippen molar-refractivity contribution >= 4 is 21.8 Å². The molecule has 2 rings (SSSR count). The number of nitrogens with zero attached hydrogens (tertiary/aromatic N) is 1. The van der Waals surface area contributed by atoms with Crippen molar-refractivity contribution in [3.8, 4) is 0 Å². The Kier molecular flexibility index (Phi) is 5.27. The highest BCUT2D eigenvalue weighted by atomic mass is 79.9. The zero-order valence-electron chi connectivity index (χ0n) is 11.3. The topological polar surface area (TPSA) is 32.3 Å². The Labute approximate surface area is 129 Å². The van der Waals surface area contributed by atoms with Crippen LogP contribution in [-0.4, -0.2) is 29.7 Å². The second-order valence-corrected chi connectivity index (χ2v) is 5.87. The Morgan fingerprint density at radius 3 is 2.62 bits per heavy atom. The molecule has 116 valence electrons. The van der Waals surface area contributed by atoms with E-state index in [0.717, 1.165) is 15.0 Å². The van der Waals surface area contributed by atoms with E-state index in [1.54, 1.807) is 0 Å². The molecule has 1 aliphatic heterocycles. The number of hydrogen-bond acceptors (Lipinski definition) is 2. The summed E-state index contributed by atoms with van der Waals surface area (Å²) >= 11 is 3.39. The van der Waals surface area contributed by atoms with Gasteiger partial charge in [0, 0.05) is 17.4 Å². The van der Waals surface area contributed by atoms with Gasteiger partial charge in [0.15, 0.2) is 0 Å². The summed E-state index contributed by atoms with van der Waals surface area (Å²) in [5.41, 5.74) is 3.28. The van der Waals surface area contributed by atoms with E-state index >= 15 is 0 Å². The quantitative estimate of drug-likeness (QED) is 0.867. The zero-order valence-corrected chi connectivity index (χ0v) is 12.9. The van der Waals surface area contributed by atoms with Gasteiger partial charge in [0.25, 0.3) is 0 Å². The molecule has 1 N–H and O–H groups in total. The molecule has 1 aliphatic rings. The van der Waals surface area contributed by atoms with Crippen molar-refractivity contribution in [1.82, 2.24) is 10.4 Å². The van der Waals surface area contributed by atoms with Crippen LogP contribution in [0.25, 0.3) is 0 Å². The Morgan fingerprint density at radius 1 is 1.33 bits per heavy atom. The van der Waals surface area contributed by atoms with Crippen molar-refractivity contribution in [3.63, 3.8) is 0 Å². The van der Waals surface area contributed by atoms with Crippen LogP contribution in [0.15, 0.2) is 28.7 Å². The number of carbonyl (C=O) groups excluding carboxylic acids is 1. The zero-order chi connectivity index (χ0) is 15.5. The van der Waals surface area contributed by atoms with Crippen LogP contribution in [0.1, 0.15) is 24.8 Å². The van der Waals surface area contributed by atoms with Crippen molar-refractivity contribution in [2.24, 2.45) is 0 Å². The molecule has 0 aliphatic carbocycles. The lowest BCUT2D eigenvalue weighted by molar-refractivity contribution is -0.190. The molecule has 0 unspecified atom stereocenters.